The summed E-state index contributed by atoms with van der Waals surface area (Å²) in [5, 5.41) is 4.22. The van der Waals surface area contributed by atoms with Gasteiger partial charge in [0.15, 0.2) is 0 Å². The molecule has 2 aromatic rings. The van der Waals surface area contributed by atoms with Gasteiger partial charge in [0.1, 0.15) is 0 Å². The molecule has 0 saturated carbocycles. The maximum atomic E-state index is 12.3. The lowest BCUT2D eigenvalue weighted by Gasteiger charge is -2.13. The van der Waals surface area contributed by atoms with Gasteiger partial charge < -0.3 is 10.6 Å². The van der Waals surface area contributed by atoms with Gasteiger partial charge in [-0.25, -0.2) is 0 Å². The molecule has 120 valence electrons. The van der Waals surface area contributed by atoms with Crippen molar-refractivity contribution in [1.82, 2.24) is 0 Å². The molecule has 4 nitrogen and oxygen atoms in total. The van der Waals surface area contributed by atoms with Crippen LogP contribution < -0.4 is 10.6 Å². The van der Waals surface area contributed by atoms with Gasteiger partial charge in [-0.1, -0.05) is 29.8 Å². The number of aryl methyl sites for hydroxylation is 1. The van der Waals surface area contributed by atoms with E-state index in [1.54, 1.807) is 29.6 Å². The van der Waals surface area contributed by atoms with Gasteiger partial charge in [0.2, 0.25) is 0 Å². The predicted octanol–water partition coefficient (Wildman–Crippen LogP) is 3.75. The van der Waals surface area contributed by atoms with Crippen molar-refractivity contribution >= 4 is 23.2 Å². The van der Waals surface area contributed by atoms with E-state index in [9.17, 15) is 22.8 Å². The molecule has 2 rings (SSSR count). The molecule has 0 bridgehead atoms. The molecule has 0 aliphatic heterocycles. The predicted molar refractivity (Wildman–Crippen MR) is 80.3 cm³/mol. The Bertz CT molecular complexity index is 725. The van der Waals surface area contributed by atoms with Crippen LogP contribution >= 0.6 is 0 Å². The second-order valence-corrected chi connectivity index (χ2v) is 4.82. The van der Waals surface area contributed by atoms with Gasteiger partial charge in [0.25, 0.3) is 5.91 Å². The third kappa shape index (κ3) is 4.32. The molecular weight excluding hydrogens is 309 g/mol. The fourth-order valence-corrected chi connectivity index (χ4v) is 1.79. The number of hydrogen-bond acceptors (Lipinski definition) is 2. The molecule has 2 N–H and O–H groups in total. The fraction of sp³-hybridized carbons (Fsp3) is 0.125. The zero-order valence-electron chi connectivity index (χ0n) is 12.1. The van der Waals surface area contributed by atoms with Gasteiger partial charge >= 0.3 is 12.1 Å². The zero-order valence-corrected chi connectivity index (χ0v) is 12.1. The minimum absolute atomic E-state index is 0.0793. The Kier molecular flexibility index (Phi) is 4.68. The molecule has 0 heterocycles. The number of rotatable bonds is 3. The van der Waals surface area contributed by atoms with E-state index in [1.807, 2.05) is 6.92 Å². The average Bonchev–Trinajstić information content (AvgIpc) is 2.48. The third-order valence-electron chi connectivity index (χ3n) is 2.99. The third-order valence-corrected chi connectivity index (χ3v) is 2.99. The molecule has 0 aliphatic rings. The minimum atomic E-state index is -5.01. The topological polar surface area (TPSA) is 58.2 Å². The number of hydrogen-bond donors (Lipinski definition) is 2. The molecular formula is C16H13F3N2O2. The largest absolute Gasteiger partial charge is 0.471 e. The van der Waals surface area contributed by atoms with Crippen molar-refractivity contribution in [2.75, 3.05) is 10.6 Å². The van der Waals surface area contributed by atoms with E-state index < -0.39 is 18.0 Å². The first-order chi connectivity index (χ1) is 10.8. The van der Waals surface area contributed by atoms with Crippen molar-refractivity contribution < 1.29 is 22.8 Å². The van der Waals surface area contributed by atoms with Crippen LogP contribution in [-0.4, -0.2) is 18.0 Å². The maximum absolute atomic E-state index is 12.3. The lowest BCUT2D eigenvalue weighted by molar-refractivity contribution is -0.167. The van der Waals surface area contributed by atoms with Crippen LogP contribution in [0, 0.1) is 6.92 Å². The number of amides is 2. The highest BCUT2D eigenvalue weighted by Crippen LogP contribution is 2.25. The molecule has 2 amide bonds. The van der Waals surface area contributed by atoms with Crippen molar-refractivity contribution in [2.24, 2.45) is 0 Å². The molecule has 23 heavy (non-hydrogen) atoms. The molecule has 0 unspecified atom stereocenters. The Morgan fingerprint density at radius 1 is 0.870 bits per heavy atom. The summed E-state index contributed by atoms with van der Waals surface area (Å²) in [6.45, 7) is 1.86. The van der Waals surface area contributed by atoms with Crippen LogP contribution in [0.5, 0.6) is 0 Å². The SMILES string of the molecule is Cc1ccc(C(=O)Nc2ccccc2NC(=O)C(F)(F)F)cc1. The van der Waals surface area contributed by atoms with Crippen molar-refractivity contribution in [3.63, 3.8) is 0 Å². The first-order valence-corrected chi connectivity index (χ1v) is 6.62. The highest BCUT2D eigenvalue weighted by Gasteiger charge is 2.39. The molecule has 0 atom stereocenters. The lowest BCUT2D eigenvalue weighted by atomic mass is 10.1. The second kappa shape index (κ2) is 6.51. The molecule has 0 saturated heterocycles. The standard InChI is InChI=1S/C16H13F3N2O2/c1-10-6-8-11(9-7-10)14(22)20-12-4-2-3-5-13(12)21-15(23)16(17,18)19/h2-9H,1H3,(H,20,22)(H,21,23). The van der Waals surface area contributed by atoms with Crippen LogP contribution in [0.4, 0.5) is 24.5 Å². The first kappa shape index (κ1) is 16.5. The molecule has 0 radical (unpaired) electrons. The molecule has 0 fully saturated rings. The van der Waals surface area contributed by atoms with Crippen LogP contribution in [0.15, 0.2) is 48.5 Å². The Hall–Kier alpha value is -2.83. The summed E-state index contributed by atoms with van der Waals surface area (Å²) in [6.07, 6.45) is -5.01. The van der Waals surface area contributed by atoms with Gasteiger partial charge in [-0.15, -0.1) is 0 Å². The van der Waals surface area contributed by atoms with E-state index in [4.69, 9.17) is 0 Å². The van der Waals surface area contributed by atoms with E-state index in [0.29, 0.717) is 5.56 Å². The summed E-state index contributed by atoms with van der Waals surface area (Å²) in [5.41, 5.74) is 1.28. The Labute approximate surface area is 130 Å². The van der Waals surface area contributed by atoms with E-state index in [1.165, 1.54) is 24.3 Å². The average molecular weight is 322 g/mol. The number of anilines is 2. The van der Waals surface area contributed by atoms with E-state index in [0.717, 1.165) is 5.56 Å². The number of para-hydroxylation sites is 2. The Morgan fingerprint density at radius 3 is 1.91 bits per heavy atom. The van der Waals surface area contributed by atoms with Crippen LogP contribution in [0.1, 0.15) is 15.9 Å². The van der Waals surface area contributed by atoms with E-state index >= 15 is 0 Å². The van der Waals surface area contributed by atoms with Gasteiger partial charge in [0, 0.05) is 5.56 Å². The van der Waals surface area contributed by atoms with Crippen LogP contribution in [0.25, 0.3) is 0 Å². The summed E-state index contributed by atoms with van der Waals surface area (Å²) in [7, 11) is 0. The quantitative estimate of drug-likeness (QED) is 0.904. The van der Waals surface area contributed by atoms with Crippen molar-refractivity contribution in [3.05, 3.63) is 59.7 Å². The zero-order chi connectivity index (χ0) is 17.0. The van der Waals surface area contributed by atoms with Crippen LogP contribution in [0.3, 0.4) is 0 Å². The van der Waals surface area contributed by atoms with Gasteiger partial charge in [-0.05, 0) is 31.2 Å². The minimum Gasteiger partial charge on any atom is -0.320 e. The maximum Gasteiger partial charge on any atom is 0.471 e. The van der Waals surface area contributed by atoms with Crippen LogP contribution in [0.2, 0.25) is 0 Å². The number of carbonyl (C=O) groups excluding carboxylic acids is 2. The molecule has 0 aromatic heterocycles. The number of nitrogens with one attached hydrogen (secondary N) is 2. The normalized spacial score (nSPS) is 11.0. The van der Waals surface area contributed by atoms with E-state index in [-0.39, 0.29) is 11.4 Å². The van der Waals surface area contributed by atoms with Crippen LogP contribution in [-0.2, 0) is 4.79 Å². The summed E-state index contributed by atoms with van der Waals surface area (Å²) in [5.74, 6) is -2.59. The van der Waals surface area contributed by atoms with Gasteiger partial charge in [-0.2, -0.15) is 13.2 Å². The molecule has 0 spiro atoms. The van der Waals surface area contributed by atoms with Gasteiger partial charge in [-0.3, -0.25) is 9.59 Å². The monoisotopic (exact) mass is 322 g/mol. The Balaban J connectivity index is 2.19. The second-order valence-electron chi connectivity index (χ2n) is 4.82. The highest BCUT2D eigenvalue weighted by molar-refractivity contribution is 6.07. The fourth-order valence-electron chi connectivity index (χ4n) is 1.79. The lowest BCUT2D eigenvalue weighted by Crippen LogP contribution is -2.30. The molecule has 7 heteroatoms. The van der Waals surface area contributed by atoms with Crippen molar-refractivity contribution in [2.45, 2.75) is 13.1 Å². The van der Waals surface area contributed by atoms with Gasteiger partial charge in [0.05, 0.1) is 11.4 Å². The van der Waals surface area contributed by atoms with Crippen molar-refractivity contribution in [1.29, 1.82) is 0 Å². The highest BCUT2D eigenvalue weighted by atomic mass is 19.4. The summed E-state index contributed by atoms with van der Waals surface area (Å²) < 4.78 is 37.0. The number of halogens is 3. The number of benzene rings is 2. The smallest absolute Gasteiger partial charge is 0.320 e. The first-order valence-electron chi connectivity index (χ1n) is 6.62. The Morgan fingerprint density at radius 2 is 1.39 bits per heavy atom. The van der Waals surface area contributed by atoms with E-state index in [2.05, 4.69) is 5.32 Å². The molecule has 2 aromatic carbocycles. The van der Waals surface area contributed by atoms with Crippen molar-refractivity contribution in [3.8, 4) is 0 Å². The summed E-state index contributed by atoms with van der Waals surface area (Å²) in [6, 6.07) is 12.3. The number of alkyl halides is 3. The summed E-state index contributed by atoms with van der Waals surface area (Å²) >= 11 is 0. The number of carbonyl (C=O) groups is 2. The molecule has 0 aliphatic carbocycles. The summed E-state index contributed by atoms with van der Waals surface area (Å²) in [4.78, 5) is 23.1.